The normalized spacial score (nSPS) is 13.0. The van der Waals surface area contributed by atoms with Gasteiger partial charge in [0.1, 0.15) is 0 Å². The third kappa shape index (κ3) is 5.21. The summed E-state index contributed by atoms with van der Waals surface area (Å²) in [7, 11) is 0. The molecule has 0 saturated heterocycles. The second-order valence-electron chi connectivity index (χ2n) is 7.78. The van der Waals surface area contributed by atoms with Gasteiger partial charge < -0.3 is 0 Å². The van der Waals surface area contributed by atoms with Gasteiger partial charge in [-0.1, -0.05) is 101 Å². The maximum atomic E-state index is 2.33. The lowest BCUT2D eigenvalue weighted by molar-refractivity contribution is 0.754. The van der Waals surface area contributed by atoms with Crippen molar-refractivity contribution in [3.63, 3.8) is 0 Å². The molecule has 0 bridgehead atoms. The Bertz CT molecular complexity index is 772. The van der Waals surface area contributed by atoms with E-state index in [0.717, 1.165) is 12.8 Å². The summed E-state index contributed by atoms with van der Waals surface area (Å²) < 4.78 is 0. The Morgan fingerprint density at radius 1 is 0.923 bits per heavy atom. The predicted molar refractivity (Wildman–Crippen MR) is 118 cm³/mol. The van der Waals surface area contributed by atoms with Gasteiger partial charge in [-0.25, -0.2) is 0 Å². The molecule has 0 aromatic heterocycles. The van der Waals surface area contributed by atoms with Gasteiger partial charge in [0.15, 0.2) is 0 Å². The lowest BCUT2D eigenvalue weighted by atomic mass is 9.94. The maximum absolute atomic E-state index is 2.33. The lowest BCUT2D eigenvalue weighted by Crippen LogP contribution is -1.93. The zero-order chi connectivity index (χ0) is 19.1. The molecule has 1 aliphatic carbocycles. The number of rotatable bonds is 4. The number of allylic oxidation sites excluding steroid dienone is 2. The molecule has 138 valence electrons. The van der Waals surface area contributed by atoms with Gasteiger partial charge >= 0.3 is 0 Å². The predicted octanol–water partition coefficient (Wildman–Crippen LogP) is 7.82. The Morgan fingerprint density at radius 3 is 2.27 bits per heavy atom. The van der Waals surface area contributed by atoms with Gasteiger partial charge in [-0.2, -0.15) is 0 Å². The molecule has 0 spiro atoms. The van der Waals surface area contributed by atoms with E-state index in [0.29, 0.717) is 11.8 Å². The van der Waals surface area contributed by atoms with Crippen LogP contribution in [0.15, 0.2) is 54.1 Å². The number of fused-ring (bicyclic) bond motifs is 1. The van der Waals surface area contributed by atoms with Crippen molar-refractivity contribution in [3.05, 3.63) is 81.9 Å². The summed E-state index contributed by atoms with van der Waals surface area (Å²) in [6.07, 6.45) is 9.03. The average Bonchev–Trinajstić information content (AvgIpc) is 3.06. The zero-order valence-electron chi connectivity index (χ0n) is 17.3. The highest BCUT2D eigenvalue weighted by Gasteiger charge is 2.13. The van der Waals surface area contributed by atoms with E-state index in [1.165, 1.54) is 27.8 Å². The first kappa shape index (κ1) is 20.2. The van der Waals surface area contributed by atoms with E-state index in [2.05, 4.69) is 102 Å². The highest BCUT2D eigenvalue weighted by molar-refractivity contribution is 5.63. The van der Waals surface area contributed by atoms with Crippen molar-refractivity contribution in [2.45, 2.75) is 60.3 Å². The van der Waals surface area contributed by atoms with Gasteiger partial charge in [0.05, 0.1) is 0 Å². The molecule has 0 fully saturated rings. The standard InChI is InChI=1S/C14H20.C12H14/c1-5-6-8-13-9-7-10-14(11(2)3)12(13)4;1-9(2)12-7-10-5-3-4-6-11(10)8-12/h6-11H,5H2,1-4H3;3-7,9H,8H2,1-2H3/b8-6-;. The molecular formula is C26H34. The van der Waals surface area contributed by atoms with Crippen molar-refractivity contribution in [1.29, 1.82) is 0 Å². The molecule has 2 aromatic carbocycles. The average molecular weight is 347 g/mol. The summed E-state index contributed by atoms with van der Waals surface area (Å²) in [5.41, 5.74) is 8.71. The van der Waals surface area contributed by atoms with Crippen LogP contribution in [0.25, 0.3) is 12.2 Å². The van der Waals surface area contributed by atoms with Crippen LogP contribution in [0, 0.1) is 12.8 Å². The molecule has 0 amide bonds. The van der Waals surface area contributed by atoms with Crippen LogP contribution < -0.4 is 0 Å². The van der Waals surface area contributed by atoms with Crippen molar-refractivity contribution in [1.82, 2.24) is 0 Å². The molecule has 0 N–H and O–H groups in total. The topological polar surface area (TPSA) is 0 Å². The maximum Gasteiger partial charge on any atom is -0.00553 e. The van der Waals surface area contributed by atoms with Crippen LogP contribution in [0.2, 0.25) is 0 Å². The fourth-order valence-electron chi connectivity index (χ4n) is 3.40. The van der Waals surface area contributed by atoms with E-state index in [4.69, 9.17) is 0 Å². The molecular weight excluding hydrogens is 312 g/mol. The summed E-state index contributed by atoms with van der Waals surface area (Å²) in [5, 5.41) is 0. The molecule has 0 unspecified atom stereocenters. The molecule has 0 radical (unpaired) electrons. The minimum Gasteiger partial charge on any atom is -0.0842 e. The Morgan fingerprint density at radius 2 is 1.65 bits per heavy atom. The Labute approximate surface area is 160 Å². The van der Waals surface area contributed by atoms with Crippen molar-refractivity contribution in [3.8, 4) is 0 Å². The van der Waals surface area contributed by atoms with Crippen LogP contribution in [0.3, 0.4) is 0 Å². The lowest BCUT2D eigenvalue weighted by Gasteiger charge is -2.11. The molecule has 0 nitrogen and oxygen atoms in total. The minimum absolute atomic E-state index is 0.616. The first-order valence-corrected chi connectivity index (χ1v) is 9.98. The van der Waals surface area contributed by atoms with Gasteiger partial charge in [-0.3, -0.25) is 0 Å². The van der Waals surface area contributed by atoms with Crippen LogP contribution in [-0.2, 0) is 6.42 Å². The van der Waals surface area contributed by atoms with Gasteiger partial charge in [0.2, 0.25) is 0 Å². The molecule has 0 saturated carbocycles. The summed E-state index contributed by atoms with van der Waals surface area (Å²) in [6, 6.07) is 15.2. The zero-order valence-corrected chi connectivity index (χ0v) is 17.3. The van der Waals surface area contributed by atoms with E-state index >= 15 is 0 Å². The fraction of sp³-hybridized carbons (Fsp3) is 0.385. The summed E-state index contributed by atoms with van der Waals surface area (Å²) in [5.74, 6) is 1.31. The second kappa shape index (κ2) is 9.57. The SMILES string of the molecule is CC(C)C1=Cc2ccccc2C1.CC/C=C\c1cccc(C(C)C)c1C. The molecule has 0 heteroatoms. The number of benzene rings is 2. The number of hydrogen-bond acceptors (Lipinski definition) is 0. The summed E-state index contributed by atoms with van der Waals surface area (Å²) in [4.78, 5) is 0. The first-order chi connectivity index (χ1) is 12.4. The van der Waals surface area contributed by atoms with E-state index < -0.39 is 0 Å². The van der Waals surface area contributed by atoms with Crippen LogP contribution in [0.4, 0.5) is 0 Å². The minimum atomic E-state index is 0.616. The molecule has 0 aliphatic heterocycles. The van der Waals surface area contributed by atoms with E-state index in [1.54, 1.807) is 5.57 Å². The van der Waals surface area contributed by atoms with Gasteiger partial charge in [-0.15, -0.1) is 0 Å². The van der Waals surface area contributed by atoms with Gasteiger partial charge in [0.25, 0.3) is 0 Å². The van der Waals surface area contributed by atoms with Crippen molar-refractivity contribution >= 4 is 12.2 Å². The van der Waals surface area contributed by atoms with Gasteiger partial charge in [-0.05, 0) is 59.4 Å². The highest BCUT2D eigenvalue weighted by atomic mass is 14.2. The van der Waals surface area contributed by atoms with Crippen molar-refractivity contribution in [2.75, 3.05) is 0 Å². The Balaban J connectivity index is 0.000000189. The van der Waals surface area contributed by atoms with E-state index in [-0.39, 0.29) is 0 Å². The summed E-state index contributed by atoms with van der Waals surface area (Å²) >= 11 is 0. The first-order valence-electron chi connectivity index (χ1n) is 9.98. The third-order valence-corrected chi connectivity index (χ3v) is 5.10. The molecule has 3 rings (SSSR count). The third-order valence-electron chi connectivity index (χ3n) is 5.10. The smallest absolute Gasteiger partial charge is 0.00553 e. The van der Waals surface area contributed by atoms with Crippen LogP contribution >= 0.6 is 0 Å². The number of hydrogen-bond donors (Lipinski definition) is 0. The molecule has 2 aromatic rings. The van der Waals surface area contributed by atoms with Crippen LogP contribution in [0.1, 0.15) is 74.8 Å². The van der Waals surface area contributed by atoms with E-state index in [9.17, 15) is 0 Å². The fourth-order valence-corrected chi connectivity index (χ4v) is 3.40. The summed E-state index contributed by atoms with van der Waals surface area (Å²) in [6.45, 7) is 13.4. The van der Waals surface area contributed by atoms with Gasteiger partial charge in [0, 0.05) is 0 Å². The quantitative estimate of drug-likeness (QED) is 0.529. The van der Waals surface area contributed by atoms with Crippen molar-refractivity contribution in [2.24, 2.45) is 5.92 Å². The van der Waals surface area contributed by atoms with Crippen LogP contribution in [-0.4, -0.2) is 0 Å². The largest absolute Gasteiger partial charge is 0.0842 e. The molecule has 0 heterocycles. The Kier molecular flexibility index (Phi) is 7.45. The Hall–Kier alpha value is -2.08. The highest BCUT2D eigenvalue weighted by Crippen LogP contribution is 2.28. The molecule has 26 heavy (non-hydrogen) atoms. The molecule has 1 aliphatic rings. The van der Waals surface area contributed by atoms with E-state index in [1.807, 2.05) is 0 Å². The second-order valence-corrected chi connectivity index (χ2v) is 7.78. The van der Waals surface area contributed by atoms with Crippen molar-refractivity contribution < 1.29 is 0 Å². The van der Waals surface area contributed by atoms with Crippen LogP contribution in [0.5, 0.6) is 0 Å². The monoisotopic (exact) mass is 346 g/mol. The molecule has 0 atom stereocenters.